The van der Waals surface area contributed by atoms with Crippen molar-refractivity contribution in [3.63, 3.8) is 0 Å². The summed E-state index contributed by atoms with van der Waals surface area (Å²) in [6.45, 7) is 2.34. The minimum Gasteiger partial charge on any atom is -0.443 e. The molecule has 0 radical (unpaired) electrons. The second-order valence-electron chi connectivity index (χ2n) is 10.4. The number of amides is 1. The van der Waals surface area contributed by atoms with E-state index >= 15 is 0 Å². The van der Waals surface area contributed by atoms with Crippen LogP contribution in [0.5, 0.6) is 0 Å². The van der Waals surface area contributed by atoms with Crippen LogP contribution in [-0.4, -0.2) is 95.2 Å². The summed E-state index contributed by atoms with van der Waals surface area (Å²) >= 11 is 0. The van der Waals surface area contributed by atoms with Gasteiger partial charge in [-0.05, 0) is 57.1 Å². The highest BCUT2D eigenvalue weighted by Crippen LogP contribution is 2.23. The molecule has 13 heteroatoms. The molecule has 2 N–H and O–H groups in total. The van der Waals surface area contributed by atoms with E-state index in [4.69, 9.17) is 9.47 Å². The highest BCUT2D eigenvalue weighted by molar-refractivity contribution is 7.90. The van der Waals surface area contributed by atoms with Crippen LogP contribution >= 0.6 is 0 Å². The Kier molecular flexibility index (Phi) is 8.96. The third kappa shape index (κ3) is 6.78. The summed E-state index contributed by atoms with van der Waals surface area (Å²) in [6, 6.07) is 14.1. The Morgan fingerprint density at radius 1 is 1.05 bits per heavy atom. The largest absolute Gasteiger partial charge is 0.443 e. The van der Waals surface area contributed by atoms with Crippen LogP contribution < -0.4 is 4.72 Å². The number of sulfonamides is 1. The van der Waals surface area contributed by atoms with Gasteiger partial charge in [0.25, 0.3) is 0 Å². The number of benzene rings is 1. The average Bonchev–Trinajstić information content (AvgIpc) is 3.59. The molecule has 2 fully saturated rings. The summed E-state index contributed by atoms with van der Waals surface area (Å²) < 4.78 is 43.1. The number of aromatic nitrogens is 3. The van der Waals surface area contributed by atoms with Crippen LogP contribution in [-0.2, 0) is 32.7 Å². The summed E-state index contributed by atoms with van der Waals surface area (Å²) in [5.74, 6) is 0.350. The van der Waals surface area contributed by atoms with Gasteiger partial charge < -0.3 is 24.4 Å². The Hall–Kier alpha value is -3.10. The van der Waals surface area contributed by atoms with Crippen LogP contribution in [0.1, 0.15) is 42.4 Å². The van der Waals surface area contributed by atoms with Crippen molar-refractivity contribution >= 4 is 21.8 Å². The molecule has 2 atom stereocenters. The van der Waals surface area contributed by atoms with E-state index < -0.39 is 33.5 Å². The van der Waals surface area contributed by atoms with Gasteiger partial charge in [-0.2, -0.15) is 0 Å². The molecule has 1 aromatic carbocycles. The van der Waals surface area contributed by atoms with Gasteiger partial charge in [0, 0.05) is 13.1 Å². The fourth-order valence-electron chi connectivity index (χ4n) is 5.12. The van der Waals surface area contributed by atoms with E-state index in [1.54, 1.807) is 22.6 Å². The molecule has 0 bridgehead atoms. The Morgan fingerprint density at radius 3 is 2.55 bits per heavy atom. The molecule has 1 amide bonds. The molecule has 5 rings (SSSR count). The summed E-state index contributed by atoms with van der Waals surface area (Å²) in [5, 5.41) is 17.8. The first-order chi connectivity index (χ1) is 19.3. The lowest BCUT2D eigenvalue weighted by Crippen LogP contribution is -2.44. The lowest BCUT2D eigenvalue weighted by atomic mass is 10.1. The van der Waals surface area contributed by atoms with Crippen molar-refractivity contribution in [1.82, 2.24) is 29.1 Å². The third-order valence-electron chi connectivity index (χ3n) is 7.42. The van der Waals surface area contributed by atoms with Crippen LogP contribution in [0.2, 0.25) is 0 Å². The number of likely N-dealkylation sites (tertiary alicyclic amines) is 2. The first-order valence-corrected chi connectivity index (χ1v) is 15.1. The molecular weight excluding hydrogens is 536 g/mol. The molecule has 2 aliphatic heterocycles. The maximum atomic E-state index is 13.5. The van der Waals surface area contributed by atoms with E-state index in [1.807, 2.05) is 37.4 Å². The zero-order valence-corrected chi connectivity index (χ0v) is 23.4. The number of β-amino-alcohol motifs (C(OH)–C–C–N with tert-alkyl or cyclic N) is 1. The smallest absolute Gasteiger partial charge is 0.410 e. The Balaban J connectivity index is 1.38. The van der Waals surface area contributed by atoms with E-state index in [2.05, 4.69) is 19.8 Å². The molecule has 0 aliphatic carbocycles. The third-order valence-corrected chi connectivity index (χ3v) is 9.38. The predicted molar refractivity (Wildman–Crippen MR) is 147 cm³/mol. The van der Waals surface area contributed by atoms with Crippen molar-refractivity contribution in [2.24, 2.45) is 0 Å². The minimum atomic E-state index is -3.70. The number of nitrogens with one attached hydrogen (secondary N) is 1. The first-order valence-electron chi connectivity index (χ1n) is 13.5. The van der Waals surface area contributed by atoms with Crippen molar-refractivity contribution in [3.8, 4) is 0 Å². The number of carbonyl (C=O) groups excluding carboxylic acids is 1. The molecule has 40 heavy (non-hydrogen) atoms. The number of hydrogen-bond acceptors (Lipinski definition) is 9. The Morgan fingerprint density at radius 2 is 1.82 bits per heavy atom. The van der Waals surface area contributed by atoms with Crippen molar-refractivity contribution in [3.05, 3.63) is 65.6 Å². The van der Waals surface area contributed by atoms with Gasteiger partial charge in [0.15, 0.2) is 11.5 Å². The summed E-state index contributed by atoms with van der Waals surface area (Å²) in [7, 11) is -1.72. The number of carbonyl (C=O) groups is 1. The van der Waals surface area contributed by atoms with Gasteiger partial charge in [-0.15, -0.1) is 10.2 Å². The number of fused-ring (bicyclic) bond motifs is 1. The van der Waals surface area contributed by atoms with Gasteiger partial charge in [-0.25, -0.2) is 17.9 Å². The second kappa shape index (κ2) is 12.6. The molecule has 0 saturated carbocycles. The topological polar surface area (TPSA) is 139 Å². The lowest BCUT2D eigenvalue weighted by molar-refractivity contribution is 0.0947. The minimum absolute atomic E-state index is 0.0291. The van der Waals surface area contributed by atoms with Gasteiger partial charge in [0.05, 0.1) is 30.3 Å². The number of ether oxygens (including phenoxy) is 2. The van der Waals surface area contributed by atoms with Crippen LogP contribution in [0.15, 0.2) is 48.5 Å². The van der Waals surface area contributed by atoms with Crippen molar-refractivity contribution < 1.29 is 27.8 Å². The van der Waals surface area contributed by atoms with E-state index in [9.17, 15) is 18.3 Å². The molecule has 12 nitrogen and oxygen atoms in total. The van der Waals surface area contributed by atoms with E-state index in [1.165, 1.54) is 4.90 Å². The Bertz CT molecular complexity index is 1390. The van der Waals surface area contributed by atoms with Crippen LogP contribution in [0, 0.1) is 0 Å². The fraction of sp³-hybridized carbons (Fsp3) is 0.519. The van der Waals surface area contributed by atoms with Crippen LogP contribution in [0.25, 0.3) is 5.65 Å². The molecule has 2 aliphatic rings. The molecule has 2 unspecified atom stereocenters. The second-order valence-corrected chi connectivity index (χ2v) is 12.4. The number of nitrogens with zero attached hydrogens (tertiary/aromatic N) is 5. The first kappa shape index (κ1) is 28.4. The fourth-order valence-corrected chi connectivity index (χ4v) is 6.72. The number of pyridine rings is 1. The lowest BCUT2D eigenvalue weighted by Gasteiger charge is -2.30. The number of piperidine rings is 1. The molecule has 2 aromatic heterocycles. The molecule has 0 spiro atoms. The maximum absolute atomic E-state index is 13.5. The molecule has 4 heterocycles. The summed E-state index contributed by atoms with van der Waals surface area (Å²) in [6.07, 6.45) is 0.526. The number of hydrogen-bond donors (Lipinski definition) is 2. The average molecular weight is 573 g/mol. The van der Waals surface area contributed by atoms with Gasteiger partial charge in [-0.3, -0.25) is 4.40 Å². The summed E-state index contributed by atoms with van der Waals surface area (Å²) in [4.78, 5) is 16.1. The highest BCUT2D eigenvalue weighted by Gasteiger charge is 2.33. The van der Waals surface area contributed by atoms with Crippen molar-refractivity contribution in [1.29, 1.82) is 0 Å². The molecule has 2 saturated heterocycles. The summed E-state index contributed by atoms with van der Waals surface area (Å²) in [5.41, 5.74) is 2.04. The number of aliphatic hydroxyl groups is 1. The van der Waals surface area contributed by atoms with Gasteiger partial charge in [0.1, 0.15) is 12.6 Å². The molecular formula is C27H36N6O6S. The standard InChI is InChI=1S/C27H36N6O6S/c1-31-13-11-23(12-14-31)40(36,37)30-24(19-38-17-20-6-3-2-4-7-20)26-29-28-25-9-5-8-21(33(25)26)18-39-27(35)32-15-10-22(34)16-32/h2-9,22-24,30,34H,10-19H2,1H3. The van der Waals surface area contributed by atoms with E-state index in [0.29, 0.717) is 62.7 Å². The van der Waals surface area contributed by atoms with E-state index in [0.717, 1.165) is 5.56 Å². The van der Waals surface area contributed by atoms with Crippen molar-refractivity contribution in [2.45, 2.75) is 49.9 Å². The normalized spacial score (nSPS) is 19.8. The number of aliphatic hydroxyl groups excluding tert-OH is 1. The monoisotopic (exact) mass is 572 g/mol. The number of rotatable bonds is 10. The molecule has 3 aromatic rings. The van der Waals surface area contributed by atoms with Crippen molar-refractivity contribution in [2.75, 3.05) is 39.8 Å². The predicted octanol–water partition coefficient (Wildman–Crippen LogP) is 1.70. The van der Waals surface area contributed by atoms with Crippen LogP contribution in [0.4, 0.5) is 4.79 Å². The zero-order valence-electron chi connectivity index (χ0n) is 22.6. The van der Waals surface area contributed by atoms with E-state index in [-0.39, 0.29) is 19.8 Å². The maximum Gasteiger partial charge on any atom is 0.410 e. The Labute approximate surface area is 233 Å². The van der Waals surface area contributed by atoms with Gasteiger partial charge >= 0.3 is 6.09 Å². The highest BCUT2D eigenvalue weighted by atomic mass is 32.2. The zero-order chi connectivity index (χ0) is 28.1. The van der Waals surface area contributed by atoms with Crippen LogP contribution in [0.3, 0.4) is 0 Å². The quantitative estimate of drug-likeness (QED) is 0.372. The van der Waals surface area contributed by atoms with Gasteiger partial charge in [0.2, 0.25) is 10.0 Å². The SMILES string of the molecule is CN1CCC(S(=O)(=O)NC(COCc2ccccc2)c2nnc3cccc(COC(=O)N4CCC(O)C4)n23)CC1. The molecule has 216 valence electrons. The van der Waals surface area contributed by atoms with Gasteiger partial charge in [-0.1, -0.05) is 36.4 Å².